The monoisotopic (exact) mass is 537 g/mol. The molecule has 0 aliphatic rings. The molecular formula is C34H39NO3Si. The first-order valence-electron chi connectivity index (χ1n) is 13.6. The summed E-state index contributed by atoms with van der Waals surface area (Å²) in [7, 11) is -1.73. The van der Waals surface area contributed by atoms with E-state index in [1.807, 2.05) is 97.1 Å². The first-order chi connectivity index (χ1) is 18.8. The van der Waals surface area contributed by atoms with E-state index in [0.29, 0.717) is 25.9 Å². The van der Waals surface area contributed by atoms with Crippen molar-refractivity contribution in [3.8, 4) is 0 Å². The van der Waals surface area contributed by atoms with E-state index in [2.05, 4.69) is 43.0 Å². The van der Waals surface area contributed by atoms with Gasteiger partial charge in [0.15, 0.2) is 0 Å². The number of carbonyl (C=O) groups is 1. The van der Waals surface area contributed by atoms with Gasteiger partial charge in [0.2, 0.25) is 0 Å². The van der Waals surface area contributed by atoms with E-state index in [0.717, 1.165) is 21.5 Å². The summed E-state index contributed by atoms with van der Waals surface area (Å²) in [6, 6.07) is 40.1. The van der Waals surface area contributed by atoms with Gasteiger partial charge >= 0.3 is 5.97 Å². The van der Waals surface area contributed by atoms with Gasteiger partial charge in [-0.3, -0.25) is 9.69 Å². The number of methoxy groups -OCH3 is 1. The quantitative estimate of drug-likeness (QED) is 0.190. The highest BCUT2D eigenvalue weighted by molar-refractivity contribution is 6.98. The topological polar surface area (TPSA) is 49.8 Å². The van der Waals surface area contributed by atoms with Crippen molar-refractivity contribution in [3.63, 3.8) is 0 Å². The summed E-state index contributed by atoms with van der Waals surface area (Å²) in [6.07, 6.45) is 1.22. The van der Waals surface area contributed by atoms with Crippen LogP contribution < -0.4 is 10.4 Å². The van der Waals surface area contributed by atoms with Crippen LogP contribution in [0.4, 0.5) is 0 Å². The lowest BCUT2D eigenvalue weighted by Crippen LogP contribution is -2.65. The standard InChI is InChI=1S/C34H39NO3Si/c1-34(2,39(37,30-20-12-6-13-21-30)31-22-14-7-15-23-31)25-24-32(33(36)38-3)35(26-28-16-8-4-9-17-28)27-29-18-10-5-11-19-29/h4-23,32,37H,24-27H2,1-3H3/t32-/m0/s1. The fourth-order valence-corrected chi connectivity index (χ4v) is 9.24. The van der Waals surface area contributed by atoms with E-state index in [-0.39, 0.29) is 5.97 Å². The van der Waals surface area contributed by atoms with Gasteiger partial charge in [-0.2, -0.15) is 0 Å². The Morgan fingerprint density at radius 2 is 1.13 bits per heavy atom. The molecule has 1 atom stereocenters. The molecule has 0 amide bonds. The number of carbonyl (C=O) groups excluding carboxylic acids is 1. The Labute approximate surface area is 234 Å². The zero-order valence-corrected chi connectivity index (χ0v) is 24.2. The summed E-state index contributed by atoms with van der Waals surface area (Å²) in [5, 5.41) is 1.48. The largest absolute Gasteiger partial charge is 0.468 e. The van der Waals surface area contributed by atoms with Gasteiger partial charge in [-0.05, 0) is 39.4 Å². The maximum Gasteiger partial charge on any atom is 0.323 e. The number of hydrogen-bond acceptors (Lipinski definition) is 4. The molecular weight excluding hydrogens is 498 g/mol. The maximum atomic E-state index is 13.3. The summed E-state index contributed by atoms with van der Waals surface area (Å²) < 4.78 is 5.36. The second-order valence-electron chi connectivity index (χ2n) is 10.8. The highest BCUT2D eigenvalue weighted by atomic mass is 28.4. The molecule has 0 heterocycles. The molecule has 1 N–H and O–H groups in total. The van der Waals surface area contributed by atoms with Crippen LogP contribution in [0.2, 0.25) is 5.04 Å². The molecule has 0 aromatic heterocycles. The predicted molar refractivity (Wildman–Crippen MR) is 161 cm³/mol. The molecule has 4 nitrogen and oxygen atoms in total. The van der Waals surface area contributed by atoms with Crippen LogP contribution in [0.3, 0.4) is 0 Å². The van der Waals surface area contributed by atoms with Crippen LogP contribution in [-0.4, -0.2) is 37.1 Å². The first-order valence-corrected chi connectivity index (χ1v) is 15.5. The average molecular weight is 538 g/mol. The molecule has 0 fully saturated rings. The van der Waals surface area contributed by atoms with Crippen molar-refractivity contribution >= 4 is 24.7 Å². The van der Waals surface area contributed by atoms with Crippen LogP contribution in [-0.2, 0) is 22.6 Å². The van der Waals surface area contributed by atoms with Crippen molar-refractivity contribution in [2.75, 3.05) is 7.11 Å². The fraction of sp³-hybridized carbons (Fsp3) is 0.265. The molecule has 0 saturated carbocycles. The summed E-state index contributed by atoms with van der Waals surface area (Å²) >= 11 is 0. The Morgan fingerprint density at radius 1 is 0.744 bits per heavy atom. The predicted octanol–water partition coefficient (Wildman–Crippen LogP) is 5.54. The lowest BCUT2D eigenvalue weighted by Gasteiger charge is -2.42. The number of rotatable bonds is 12. The molecule has 4 rings (SSSR count). The lowest BCUT2D eigenvalue weighted by molar-refractivity contribution is -0.148. The number of benzene rings is 4. The van der Waals surface area contributed by atoms with Crippen LogP contribution in [0, 0.1) is 0 Å². The van der Waals surface area contributed by atoms with Gasteiger partial charge in [-0.25, -0.2) is 0 Å². The highest BCUT2D eigenvalue weighted by Crippen LogP contribution is 2.41. The van der Waals surface area contributed by atoms with Crippen LogP contribution in [0.25, 0.3) is 0 Å². The molecule has 5 heteroatoms. The SMILES string of the molecule is COC(=O)[C@H](CCC(C)(C)[Si](O)(c1ccccc1)c1ccccc1)N(Cc1ccccc1)Cc1ccccc1. The number of nitrogens with zero attached hydrogens (tertiary/aromatic N) is 1. The summed E-state index contributed by atoms with van der Waals surface area (Å²) in [6.45, 7) is 5.53. The van der Waals surface area contributed by atoms with Gasteiger partial charge in [0.1, 0.15) is 6.04 Å². The van der Waals surface area contributed by atoms with Crippen molar-refractivity contribution in [2.45, 2.75) is 50.9 Å². The lowest BCUT2D eigenvalue weighted by atomic mass is 10.00. The van der Waals surface area contributed by atoms with Crippen molar-refractivity contribution in [1.29, 1.82) is 0 Å². The van der Waals surface area contributed by atoms with Crippen molar-refractivity contribution in [1.82, 2.24) is 4.90 Å². The third-order valence-electron chi connectivity index (χ3n) is 7.78. The zero-order chi connectivity index (χ0) is 27.7. The van der Waals surface area contributed by atoms with Gasteiger partial charge in [0.25, 0.3) is 8.32 Å². The van der Waals surface area contributed by atoms with E-state index in [1.54, 1.807) is 0 Å². The van der Waals surface area contributed by atoms with E-state index in [4.69, 9.17) is 4.74 Å². The normalized spacial score (nSPS) is 12.7. The van der Waals surface area contributed by atoms with Gasteiger partial charge < -0.3 is 9.53 Å². The molecule has 4 aromatic carbocycles. The van der Waals surface area contributed by atoms with Crippen LogP contribution in [0.5, 0.6) is 0 Å². The minimum absolute atomic E-state index is 0.248. The molecule has 0 radical (unpaired) electrons. The number of esters is 1. The van der Waals surface area contributed by atoms with Crippen LogP contribution in [0.15, 0.2) is 121 Å². The molecule has 0 unspecified atom stereocenters. The van der Waals surface area contributed by atoms with Crippen LogP contribution in [0.1, 0.15) is 37.8 Å². The Kier molecular flexibility index (Phi) is 9.52. The zero-order valence-electron chi connectivity index (χ0n) is 23.2. The molecule has 39 heavy (non-hydrogen) atoms. The van der Waals surface area contributed by atoms with Crippen LogP contribution >= 0.6 is 0 Å². The molecule has 0 spiro atoms. The minimum Gasteiger partial charge on any atom is -0.468 e. The molecule has 0 bridgehead atoms. The third-order valence-corrected chi connectivity index (χ3v) is 12.3. The Hall–Kier alpha value is -3.51. The second-order valence-corrected chi connectivity index (χ2v) is 14.7. The summed E-state index contributed by atoms with van der Waals surface area (Å²) in [5.41, 5.74) is 2.28. The number of hydrogen-bond donors (Lipinski definition) is 1. The molecule has 0 aliphatic heterocycles. The Balaban J connectivity index is 1.67. The fourth-order valence-electron chi connectivity index (χ4n) is 5.48. The minimum atomic E-state index is -3.19. The van der Waals surface area contributed by atoms with Crippen molar-refractivity contribution in [2.24, 2.45) is 0 Å². The summed E-state index contributed by atoms with van der Waals surface area (Å²) in [4.78, 5) is 28.1. The van der Waals surface area contributed by atoms with Gasteiger partial charge in [-0.1, -0.05) is 135 Å². The summed E-state index contributed by atoms with van der Waals surface area (Å²) in [5.74, 6) is -0.248. The van der Waals surface area contributed by atoms with E-state index in [1.165, 1.54) is 7.11 Å². The molecule has 0 saturated heterocycles. The van der Waals surface area contributed by atoms with Gasteiger partial charge in [0, 0.05) is 13.1 Å². The van der Waals surface area contributed by atoms with E-state index >= 15 is 0 Å². The number of ether oxygens (including phenoxy) is 1. The smallest absolute Gasteiger partial charge is 0.323 e. The first kappa shape index (κ1) is 28.5. The van der Waals surface area contributed by atoms with Gasteiger partial charge in [-0.15, -0.1) is 0 Å². The molecule has 0 aliphatic carbocycles. The molecule has 4 aromatic rings. The average Bonchev–Trinajstić information content (AvgIpc) is 2.98. The highest BCUT2D eigenvalue weighted by Gasteiger charge is 2.50. The Morgan fingerprint density at radius 3 is 1.51 bits per heavy atom. The molecule has 202 valence electrons. The Bertz CT molecular complexity index is 1220. The van der Waals surface area contributed by atoms with Crippen molar-refractivity contribution in [3.05, 3.63) is 132 Å². The van der Waals surface area contributed by atoms with E-state index in [9.17, 15) is 9.59 Å². The second kappa shape index (κ2) is 13.0. The van der Waals surface area contributed by atoms with Gasteiger partial charge in [0.05, 0.1) is 7.11 Å². The van der Waals surface area contributed by atoms with E-state index < -0.39 is 19.4 Å². The third kappa shape index (κ3) is 6.74. The maximum absolute atomic E-state index is 13.3. The van der Waals surface area contributed by atoms with Crippen molar-refractivity contribution < 1.29 is 14.3 Å².